The molecule has 0 aromatic rings. The lowest BCUT2D eigenvalue weighted by Crippen LogP contribution is -2.21. The Labute approximate surface area is 62.2 Å². The Hall–Kier alpha value is -1.18. The van der Waals surface area contributed by atoms with Crippen LogP contribution in [0.2, 0.25) is 0 Å². The number of hydrogen-bond acceptors (Lipinski definition) is 2. The fourth-order valence-electron chi connectivity index (χ4n) is 0.577. The third-order valence-corrected chi connectivity index (χ3v) is 1.19. The molecule has 0 aliphatic rings. The van der Waals surface area contributed by atoms with Gasteiger partial charge in [0, 0.05) is 6.42 Å². The molecule has 62 valence electrons. The molecule has 0 radical (unpaired) electrons. The van der Waals surface area contributed by atoms with Crippen molar-refractivity contribution in [2.24, 2.45) is 5.92 Å². The summed E-state index contributed by atoms with van der Waals surface area (Å²) in [6.45, 7) is 0. The Balaban J connectivity index is 3.92. The van der Waals surface area contributed by atoms with Gasteiger partial charge in [0.1, 0.15) is 5.92 Å². The number of alkyl halides is 2. The van der Waals surface area contributed by atoms with Gasteiger partial charge < -0.3 is 5.11 Å². The van der Waals surface area contributed by atoms with Gasteiger partial charge in [0.2, 0.25) is 0 Å². The highest BCUT2D eigenvalue weighted by Gasteiger charge is 2.26. The quantitative estimate of drug-likeness (QED) is 0.678. The number of nitriles is 1. The van der Waals surface area contributed by atoms with Crippen molar-refractivity contribution in [1.29, 1.82) is 5.26 Å². The van der Waals surface area contributed by atoms with Gasteiger partial charge in [-0.3, -0.25) is 4.79 Å². The van der Waals surface area contributed by atoms with Crippen LogP contribution in [0.15, 0.2) is 0 Å². The van der Waals surface area contributed by atoms with E-state index in [-0.39, 0.29) is 12.8 Å². The Morgan fingerprint density at radius 3 is 2.45 bits per heavy atom. The van der Waals surface area contributed by atoms with Crippen LogP contribution in [-0.2, 0) is 4.79 Å². The van der Waals surface area contributed by atoms with Gasteiger partial charge in [-0.1, -0.05) is 0 Å². The first kappa shape index (κ1) is 9.82. The standard InChI is InChI=1S/C6H7F2NO2/c7-5(8)4(6(10)11)2-1-3-9/h4-5H,1-2H2,(H,10,11). The lowest BCUT2D eigenvalue weighted by Gasteiger charge is -2.07. The van der Waals surface area contributed by atoms with Gasteiger partial charge >= 0.3 is 5.97 Å². The monoisotopic (exact) mass is 163 g/mol. The van der Waals surface area contributed by atoms with Crippen molar-refractivity contribution >= 4 is 5.97 Å². The highest BCUT2D eigenvalue weighted by atomic mass is 19.3. The summed E-state index contributed by atoms with van der Waals surface area (Å²) in [7, 11) is 0. The van der Waals surface area contributed by atoms with E-state index in [4.69, 9.17) is 10.4 Å². The smallest absolute Gasteiger partial charge is 0.312 e. The summed E-state index contributed by atoms with van der Waals surface area (Å²) in [6.07, 6.45) is -3.33. The van der Waals surface area contributed by atoms with Gasteiger partial charge in [0.05, 0.1) is 6.07 Å². The van der Waals surface area contributed by atoms with Crippen LogP contribution in [0.4, 0.5) is 8.78 Å². The molecule has 1 N–H and O–H groups in total. The maximum absolute atomic E-state index is 11.8. The van der Waals surface area contributed by atoms with Crippen LogP contribution < -0.4 is 0 Å². The average Bonchev–Trinajstić information content (AvgIpc) is 1.87. The molecular formula is C6H7F2NO2. The molecule has 1 unspecified atom stereocenters. The number of nitrogens with zero attached hydrogens (tertiary/aromatic N) is 1. The first-order chi connectivity index (χ1) is 5.09. The molecule has 0 saturated carbocycles. The fourth-order valence-corrected chi connectivity index (χ4v) is 0.577. The number of carboxylic acid groups (broad SMARTS) is 1. The number of hydrogen-bond donors (Lipinski definition) is 1. The van der Waals surface area contributed by atoms with Crippen molar-refractivity contribution in [3.63, 3.8) is 0 Å². The highest BCUT2D eigenvalue weighted by molar-refractivity contribution is 5.70. The predicted octanol–water partition coefficient (Wildman–Crippen LogP) is 1.26. The number of rotatable bonds is 4. The molecule has 3 nitrogen and oxygen atoms in total. The summed E-state index contributed by atoms with van der Waals surface area (Å²) < 4.78 is 23.6. The molecule has 0 aliphatic heterocycles. The summed E-state index contributed by atoms with van der Waals surface area (Å²) in [5.41, 5.74) is 0. The minimum Gasteiger partial charge on any atom is -0.481 e. The largest absolute Gasteiger partial charge is 0.481 e. The molecule has 0 spiro atoms. The lowest BCUT2D eigenvalue weighted by molar-refractivity contribution is -0.147. The molecule has 11 heavy (non-hydrogen) atoms. The van der Waals surface area contributed by atoms with Crippen molar-refractivity contribution in [2.45, 2.75) is 19.3 Å². The molecule has 0 aromatic heterocycles. The van der Waals surface area contributed by atoms with E-state index in [1.807, 2.05) is 0 Å². The zero-order chi connectivity index (χ0) is 8.85. The summed E-state index contributed by atoms with van der Waals surface area (Å²) in [5, 5.41) is 16.2. The fraction of sp³-hybridized carbons (Fsp3) is 0.667. The Kier molecular flexibility index (Phi) is 4.11. The summed E-state index contributed by atoms with van der Waals surface area (Å²) >= 11 is 0. The van der Waals surface area contributed by atoms with Crippen molar-refractivity contribution in [1.82, 2.24) is 0 Å². The SMILES string of the molecule is N#CCCC(C(=O)O)C(F)F. The Bertz CT molecular complexity index is 176. The van der Waals surface area contributed by atoms with E-state index in [1.54, 1.807) is 6.07 Å². The topological polar surface area (TPSA) is 61.1 Å². The van der Waals surface area contributed by atoms with E-state index in [2.05, 4.69) is 0 Å². The van der Waals surface area contributed by atoms with Crippen LogP contribution in [0.3, 0.4) is 0 Å². The first-order valence-electron chi connectivity index (χ1n) is 2.97. The molecular weight excluding hydrogens is 156 g/mol. The summed E-state index contributed by atoms with van der Waals surface area (Å²) in [5.74, 6) is -3.25. The number of carboxylic acids is 1. The van der Waals surface area contributed by atoms with Gasteiger partial charge in [-0.25, -0.2) is 8.78 Å². The number of aliphatic carboxylic acids is 1. The van der Waals surface area contributed by atoms with E-state index in [9.17, 15) is 13.6 Å². The third-order valence-electron chi connectivity index (χ3n) is 1.19. The maximum Gasteiger partial charge on any atom is 0.312 e. The van der Waals surface area contributed by atoms with Gasteiger partial charge in [-0.2, -0.15) is 5.26 Å². The van der Waals surface area contributed by atoms with Gasteiger partial charge in [0.25, 0.3) is 6.43 Å². The maximum atomic E-state index is 11.8. The number of carbonyl (C=O) groups is 1. The van der Waals surface area contributed by atoms with E-state index < -0.39 is 18.3 Å². The highest BCUT2D eigenvalue weighted by Crippen LogP contribution is 2.15. The molecule has 0 aliphatic carbocycles. The lowest BCUT2D eigenvalue weighted by atomic mass is 10.1. The van der Waals surface area contributed by atoms with Crippen LogP contribution in [0, 0.1) is 17.2 Å². The van der Waals surface area contributed by atoms with Crippen LogP contribution in [0.1, 0.15) is 12.8 Å². The minimum absolute atomic E-state index is 0.151. The summed E-state index contributed by atoms with van der Waals surface area (Å²) in [4.78, 5) is 10.1. The van der Waals surface area contributed by atoms with Crippen LogP contribution >= 0.6 is 0 Å². The van der Waals surface area contributed by atoms with Crippen LogP contribution in [0.5, 0.6) is 0 Å². The zero-order valence-electron chi connectivity index (χ0n) is 5.63. The van der Waals surface area contributed by atoms with E-state index in [0.29, 0.717) is 0 Å². The van der Waals surface area contributed by atoms with Crippen molar-refractivity contribution < 1.29 is 18.7 Å². The van der Waals surface area contributed by atoms with Crippen LogP contribution in [0.25, 0.3) is 0 Å². The van der Waals surface area contributed by atoms with Crippen molar-refractivity contribution in [2.75, 3.05) is 0 Å². The molecule has 0 saturated heterocycles. The van der Waals surface area contributed by atoms with Gasteiger partial charge in [0.15, 0.2) is 0 Å². The average molecular weight is 163 g/mol. The molecule has 0 amide bonds. The van der Waals surface area contributed by atoms with Crippen LogP contribution in [-0.4, -0.2) is 17.5 Å². The van der Waals surface area contributed by atoms with Crippen molar-refractivity contribution in [3.8, 4) is 6.07 Å². The normalized spacial score (nSPS) is 12.5. The number of halogens is 2. The molecule has 0 aromatic carbocycles. The molecule has 0 bridgehead atoms. The molecule has 0 heterocycles. The molecule has 5 heteroatoms. The minimum atomic E-state index is -2.89. The Morgan fingerprint density at radius 2 is 2.18 bits per heavy atom. The van der Waals surface area contributed by atoms with Crippen molar-refractivity contribution in [3.05, 3.63) is 0 Å². The van der Waals surface area contributed by atoms with E-state index in [1.165, 1.54) is 0 Å². The van der Waals surface area contributed by atoms with Gasteiger partial charge in [-0.15, -0.1) is 0 Å². The Morgan fingerprint density at radius 1 is 1.64 bits per heavy atom. The second-order valence-corrected chi connectivity index (χ2v) is 1.98. The van der Waals surface area contributed by atoms with Gasteiger partial charge in [-0.05, 0) is 6.42 Å². The molecule has 1 atom stereocenters. The first-order valence-corrected chi connectivity index (χ1v) is 2.97. The summed E-state index contributed by atoms with van der Waals surface area (Å²) in [6, 6.07) is 1.61. The molecule has 0 rings (SSSR count). The predicted molar refractivity (Wildman–Crippen MR) is 32.0 cm³/mol. The van der Waals surface area contributed by atoms with E-state index >= 15 is 0 Å². The second kappa shape index (κ2) is 4.61. The van der Waals surface area contributed by atoms with E-state index in [0.717, 1.165) is 0 Å². The zero-order valence-corrected chi connectivity index (χ0v) is 5.63. The molecule has 0 fully saturated rings. The second-order valence-electron chi connectivity index (χ2n) is 1.98. The third kappa shape index (κ3) is 3.50.